The molecule has 116 valence electrons. The Kier molecular flexibility index (Phi) is 4.26. The first-order valence-electron chi connectivity index (χ1n) is 8.56. The predicted molar refractivity (Wildman–Crippen MR) is 85.7 cm³/mol. The summed E-state index contributed by atoms with van der Waals surface area (Å²) < 4.78 is 6.30. The molecule has 21 heavy (non-hydrogen) atoms. The maximum atomic E-state index is 10.4. The molecule has 1 aromatic rings. The van der Waals surface area contributed by atoms with Gasteiger partial charge in [0.05, 0.1) is 6.10 Å². The Morgan fingerprint density at radius 3 is 2.48 bits per heavy atom. The van der Waals surface area contributed by atoms with Crippen LogP contribution in [-0.4, -0.2) is 17.3 Å². The molecule has 2 aliphatic carbocycles. The molecule has 1 spiro atoms. The molecule has 2 fully saturated rings. The van der Waals surface area contributed by atoms with E-state index in [0.717, 1.165) is 25.0 Å². The van der Waals surface area contributed by atoms with Crippen LogP contribution in [0.2, 0.25) is 0 Å². The number of aliphatic hydroxyl groups is 1. The highest BCUT2D eigenvalue weighted by Gasteiger charge is 2.55. The second-order valence-corrected chi connectivity index (χ2v) is 7.23. The number of hydrogen-bond acceptors (Lipinski definition) is 2. The fraction of sp³-hybridized carbons (Fsp3) is 0.684. The maximum absolute atomic E-state index is 10.4. The van der Waals surface area contributed by atoms with Gasteiger partial charge in [0.15, 0.2) is 0 Å². The Bertz CT molecular complexity index is 472. The second kappa shape index (κ2) is 6.00. The van der Waals surface area contributed by atoms with Gasteiger partial charge in [-0.25, -0.2) is 0 Å². The summed E-state index contributed by atoms with van der Waals surface area (Å²) in [5.74, 6) is 1.49. The molecule has 2 aliphatic rings. The van der Waals surface area contributed by atoms with E-state index in [2.05, 4.69) is 38.1 Å². The molecule has 2 unspecified atom stereocenters. The lowest BCUT2D eigenvalue weighted by atomic mass is 9.59. The van der Waals surface area contributed by atoms with Crippen LogP contribution in [0.4, 0.5) is 0 Å². The van der Waals surface area contributed by atoms with Crippen molar-refractivity contribution in [2.75, 3.05) is 0 Å². The van der Waals surface area contributed by atoms with Crippen LogP contribution in [0.1, 0.15) is 70.3 Å². The van der Waals surface area contributed by atoms with E-state index in [1.54, 1.807) is 0 Å². The molecule has 0 saturated heterocycles. The van der Waals surface area contributed by atoms with Crippen molar-refractivity contribution in [3.63, 3.8) is 0 Å². The Morgan fingerprint density at radius 2 is 1.86 bits per heavy atom. The molecule has 2 atom stereocenters. The largest absolute Gasteiger partial charge is 0.490 e. The van der Waals surface area contributed by atoms with Crippen molar-refractivity contribution in [2.45, 2.75) is 76.9 Å². The molecule has 0 aliphatic heterocycles. The van der Waals surface area contributed by atoms with E-state index < -0.39 is 0 Å². The summed E-state index contributed by atoms with van der Waals surface area (Å²) in [6.07, 6.45) is 8.19. The van der Waals surface area contributed by atoms with Crippen molar-refractivity contribution in [3.8, 4) is 5.75 Å². The van der Waals surface area contributed by atoms with Crippen LogP contribution in [0.25, 0.3) is 0 Å². The lowest BCUT2D eigenvalue weighted by Gasteiger charge is -2.53. The zero-order valence-corrected chi connectivity index (χ0v) is 13.3. The van der Waals surface area contributed by atoms with E-state index in [0.29, 0.717) is 5.92 Å². The molecule has 0 amide bonds. The normalized spacial score (nSPS) is 28.2. The van der Waals surface area contributed by atoms with E-state index in [1.807, 2.05) is 0 Å². The smallest absolute Gasteiger partial charge is 0.120 e. The molecule has 0 heterocycles. The van der Waals surface area contributed by atoms with Crippen LogP contribution in [0.15, 0.2) is 24.3 Å². The average molecular weight is 288 g/mol. The van der Waals surface area contributed by atoms with Crippen molar-refractivity contribution in [3.05, 3.63) is 29.8 Å². The van der Waals surface area contributed by atoms with Crippen molar-refractivity contribution >= 4 is 0 Å². The summed E-state index contributed by atoms with van der Waals surface area (Å²) in [7, 11) is 0. The molecular formula is C19H28O2. The van der Waals surface area contributed by atoms with E-state index >= 15 is 0 Å². The summed E-state index contributed by atoms with van der Waals surface area (Å²) >= 11 is 0. The Labute approximate surface area is 128 Å². The first kappa shape index (κ1) is 14.9. The van der Waals surface area contributed by atoms with Crippen molar-refractivity contribution in [1.29, 1.82) is 0 Å². The van der Waals surface area contributed by atoms with Gasteiger partial charge in [-0.15, -0.1) is 0 Å². The molecule has 2 nitrogen and oxygen atoms in total. The van der Waals surface area contributed by atoms with E-state index in [-0.39, 0.29) is 17.6 Å². The number of hydrogen-bond donors (Lipinski definition) is 1. The highest BCUT2D eigenvalue weighted by atomic mass is 16.5. The fourth-order valence-electron chi connectivity index (χ4n) is 4.04. The van der Waals surface area contributed by atoms with Gasteiger partial charge in [-0.1, -0.05) is 51.7 Å². The molecular weight excluding hydrogens is 260 g/mol. The summed E-state index contributed by atoms with van der Waals surface area (Å²) in [5.41, 5.74) is 1.35. The topological polar surface area (TPSA) is 29.5 Å². The molecule has 2 saturated carbocycles. The number of benzene rings is 1. The van der Waals surface area contributed by atoms with Crippen LogP contribution < -0.4 is 4.74 Å². The zero-order chi connectivity index (χ0) is 14.9. The highest BCUT2D eigenvalue weighted by molar-refractivity contribution is 5.31. The molecule has 0 bridgehead atoms. The van der Waals surface area contributed by atoms with Gasteiger partial charge in [0.25, 0.3) is 0 Å². The second-order valence-electron chi connectivity index (χ2n) is 7.23. The first-order valence-corrected chi connectivity index (χ1v) is 8.56. The monoisotopic (exact) mass is 288 g/mol. The molecule has 0 aromatic heterocycles. The molecule has 1 N–H and O–H groups in total. The first-order chi connectivity index (χ1) is 10.1. The van der Waals surface area contributed by atoms with Gasteiger partial charge in [0.2, 0.25) is 0 Å². The van der Waals surface area contributed by atoms with Gasteiger partial charge < -0.3 is 9.84 Å². The van der Waals surface area contributed by atoms with Gasteiger partial charge in [0, 0.05) is 11.8 Å². The van der Waals surface area contributed by atoms with Crippen molar-refractivity contribution in [2.24, 2.45) is 5.41 Å². The zero-order valence-electron chi connectivity index (χ0n) is 13.3. The summed E-state index contributed by atoms with van der Waals surface area (Å²) in [4.78, 5) is 0. The third-order valence-electron chi connectivity index (χ3n) is 5.58. The molecule has 3 rings (SSSR count). The third kappa shape index (κ3) is 2.83. The van der Waals surface area contributed by atoms with Crippen LogP contribution in [0.5, 0.6) is 5.75 Å². The SMILES string of the molecule is CC(C)c1cccc(OC2CC(O)C23CCCCCC3)c1. The molecule has 2 heteroatoms. The Balaban J connectivity index is 1.74. The lowest BCUT2D eigenvalue weighted by Crippen LogP contribution is -2.59. The van der Waals surface area contributed by atoms with Gasteiger partial charge in [-0.2, -0.15) is 0 Å². The fourth-order valence-corrected chi connectivity index (χ4v) is 4.04. The molecule has 0 radical (unpaired) electrons. The van der Waals surface area contributed by atoms with Crippen molar-refractivity contribution in [1.82, 2.24) is 0 Å². The lowest BCUT2D eigenvalue weighted by molar-refractivity contribution is -0.163. The number of rotatable bonds is 3. The van der Waals surface area contributed by atoms with Gasteiger partial charge in [-0.3, -0.25) is 0 Å². The standard InChI is InChI=1S/C19H28O2/c1-14(2)15-8-7-9-16(12-15)21-18-13-17(20)19(18)10-5-3-4-6-11-19/h7-9,12,14,17-18,20H,3-6,10-11,13H2,1-2H3. The quantitative estimate of drug-likeness (QED) is 0.876. The van der Waals surface area contributed by atoms with Crippen LogP contribution in [-0.2, 0) is 0 Å². The van der Waals surface area contributed by atoms with E-state index in [4.69, 9.17) is 4.74 Å². The summed E-state index contributed by atoms with van der Waals surface area (Å²) in [6, 6.07) is 8.47. The molecule has 1 aromatic carbocycles. The van der Waals surface area contributed by atoms with Crippen LogP contribution >= 0.6 is 0 Å². The van der Waals surface area contributed by atoms with E-state index in [1.165, 1.54) is 31.2 Å². The van der Waals surface area contributed by atoms with Gasteiger partial charge in [0.1, 0.15) is 11.9 Å². The summed E-state index contributed by atoms with van der Waals surface area (Å²) in [6.45, 7) is 4.41. The van der Waals surface area contributed by atoms with Gasteiger partial charge in [-0.05, 0) is 36.5 Å². The van der Waals surface area contributed by atoms with Gasteiger partial charge >= 0.3 is 0 Å². The number of aliphatic hydroxyl groups excluding tert-OH is 1. The number of ether oxygens (including phenoxy) is 1. The Morgan fingerprint density at radius 1 is 1.14 bits per heavy atom. The third-order valence-corrected chi connectivity index (χ3v) is 5.58. The maximum Gasteiger partial charge on any atom is 0.120 e. The minimum atomic E-state index is -0.158. The minimum Gasteiger partial charge on any atom is -0.490 e. The van der Waals surface area contributed by atoms with Crippen molar-refractivity contribution < 1.29 is 9.84 Å². The Hall–Kier alpha value is -1.02. The van der Waals surface area contributed by atoms with Crippen LogP contribution in [0.3, 0.4) is 0 Å². The average Bonchev–Trinajstić information content (AvgIpc) is 2.75. The van der Waals surface area contributed by atoms with E-state index in [9.17, 15) is 5.11 Å². The minimum absolute atomic E-state index is 0.0321. The highest BCUT2D eigenvalue weighted by Crippen LogP contribution is 2.52. The predicted octanol–water partition coefficient (Wildman–Crippen LogP) is 4.66. The van der Waals surface area contributed by atoms with Crippen LogP contribution in [0, 0.1) is 5.41 Å². The summed E-state index contributed by atoms with van der Waals surface area (Å²) in [5, 5.41) is 10.4.